The number of pyridine rings is 2. The van der Waals surface area contributed by atoms with E-state index in [0.29, 0.717) is 40.9 Å². The molecule has 2 aromatic heterocycles. The molecule has 1 amide bonds. The molecule has 3 aliphatic rings. The SMILES string of the molecule is CC[C@@]1(O)C(=O)OCc2c1cc1n(c2=O)Cc2c-1nc1cc(F)c(C)c3c1c2[C@@H](NC(=O)[C@H](CCO)OC)CC3. The molecule has 0 spiro atoms. The Morgan fingerprint density at radius 3 is 2.80 bits per heavy atom. The van der Waals surface area contributed by atoms with Crippen LogP contribution in [-0.2, 0) is 44.2 Å². The fourth-order valence-corrected chi connectivity index (χ4v) is 6.44. The van der Waals surface area contributed by atoms with Crippen LogP contribution >= 0.6 is 0 Å². The summed E-state index contributed by atoms with van der Waals surface area (Å²) in [5, 5.41) is 24.3. The van der Waals surface area contributed by atoms with E-state index in [2.05, 4.69) is 5.32 Å². The highest BCUT2D eigenvalue weighted by Crippen LogP contribution is 2.46. The fraction of sp³-hybridized carbons (Fsp3) is 0.448. The minimum absolute atomic E-state index is 0.0153. The number of aryl methyl sites for hydroxylation is 1. The molecule has 0 saturated carbocycles. The summed E-state index contributed by atoms with van der Waals surface area (Å²) in [5.41, 5.74) is 2.08. The maximum atomic E-state index is 15.0. The molecule has 1 aliphatic carbocycles. The second-order valence-electron chi connectivity index (χ2n) is 10.6. The number of amides is 1. The molecule has 0 fully saturated rings. The number of hydrogen-bond acceptors (Lipinski definition) is 8. The zero-order chi connectivity index (χ0) is 28.5. The van der Waals surface area contributed by atoms with Gasteiger partial charge in [0.1, 0.15) is 18.5 Å². The predicted molar refractivity (Wildman–Crippen MR) is 141 cm³/mol. The summed E-state index contributed by atoms with van der Waals surface area (Å²) >= 11 is 0. The van der Waals surface area contributed by atoms with Crippen LogP contribution in [0.15, 0.2) is 16.9 Å². The molecule has 3 atom stereocenters. The van der Waals surface area contributed by atoms with E-state index in [4.69, 9.17) is 14.5 Å². The van der Waals surface area contributed by atoms with Crippen molar-refractivity contribution in [1.82, 2.24) is 14.9 Å². The maximum absolute atomic E-state index is 15.0. The number of rotatable bonds is 6. The van der Waals surface area contributed by atoms with Gasteiger partial charge >= 0.3 is 5.97 Å². The monoisotopic (exact) mass is 551 g/mol. The number of methoxy groups -OCH3 is 1. The van der Waals surface area contributed by atoms with Gasteiger partial charge in [0, 0.05) is 42.7 Å². The van der Waals surface area contributed by atoms with E-state index in [0.717, 1.165) is 16.5 Å². The number of benzene rings is 1. The highest BCUT2D eigenvalue weighted by Gasteiger charge is 2.46. The van der Waals surface area contributed by atoms with Crippen LogP contribution in [0.2, 0.25) is 0 Å². The van der Waals surface area contributed by atoms with Crippen LogP contribution in [0, 0.1) is 12.7 Å². The Bertz CT molecular complexity index is 1670. The zero-order valence-corrected chi connectivity index (χ0v) is 22.5. The van der Waals surface area contributed by atoms with E-state index in [1.54, 1.807) is 19.9 Å². The van der Waals surface area contributed by atoms with E-state index in [1.165, 1.54) is 17.7 Å². The number of nitrogens with one attached hydrogen (secondary N) is 1. The summed E-state index contributed by atoms with van der Waals surface area (Å²) in [6.45, 7) is 3.05. The Kier molecular flexibility index (Phi) is 6.28. The van der Waals surface area contributed by atoms with Crippen LogP contribution in [0.25, 0.3) is 22.3 Å². The van der Waals surface area contributed by atoms with Crippen LogP contribution in [0.1, 0.15) is 65.6 Å². The van der Waals surface area contributed by atoms with Crippen molar-refractivity contribution in [1.29, 1.82) is 0 Å². The van der Waals surface area contributed by atoms with Crippen LogP contribution < -0.4 is 10.9 Å². The second kappa shape index (κ2) is 9.46. The molecule has 0 saturated heterocycles. The number of esters is 1. The minimum atomic E-state index is -1.97. The Hall–Kier alpha value is -3.67. The topological polar surface area (TPSA) is 140 Å². The number of aromatic nitrogens is 2. The predicted octanol–water partition coefficient (Wildman–Crippen LogP) is 2.03. The maximum Gasteiger partial charge on any atom is 0.343 e. The largest absolute Gasteiger partial charge is 0.458 e. The molecular weight excluding hydrogens is 521 g/mol. The first-order valence-electron chi connectivity index (χ1n) is 13.4. The molecule has 4 heterocycles. The molecule has 10 nitrogen and oxygen atoms in total. The van der Waals surface area contributed by atoms with Crippen molar-refractivity contribution in [2.45, 2.75) is 70.4 Å². The van der Waals surface area contributed by atoms with Gasteiger partial charge in [-0.1, -0.05) is 6.92 Å². The summed E-state index contributed by atoms with van der Waals surface area (Å²) < 4.78 is 27.0. The minimum Gasteiger partial charge on any atom is -0.458 e. The number of nitrogens with zero attached hydrogens (tertiary/aromatic N) is 2. The van der Waals surface area contributed by atoms with Crippen LogP contribution in [0.5, 0.6) is 0 Å². The number of aliphatic hydroxyl groups is 2. The highest BCUT2D eigenvalue weighted by molar-refractivity contribution is 5.94. The first-order valence-corrected chi connectivity index (χ1v) is 13.4. The molecule has 1 aromatic carbocycles. The lowest BCUT2D eigenvalue weighted by atomic mass is 9.81. The summed E-state index contributed by atoms with van der Waals surface area (Å²) in [7, 11) is 1.40. The van der Waals surface area contributed by atoms with Crippen molar-refractivity contribution in [2.75, 3.05) is 13.7 Å². The molecule has 11 heteroatoms. The van der Waals surface area contributed by atoms with Crippen molar-refractivity contribution < 1.29 is 33.7 Å². The van der Waals surface area contributed by atoms with Crippen LogP contribution in [-0.4, -0.2) is 51.5 Å². The molecule has 0 radical (unpaired) electrons. The molecule has 40 heavy (non-hydrogen) atoms. The van der Waals surface area contributed by atoms with Gasteiger partial charge < -0.3 is 29.6 Å². The second-order valence-corrected chi connectivity index (χ2v) is 10.6. The van der Waals surface area contributed by atoms with Crippen LogP contribution in [0.4, 0.5) is 4.39 Å². The Balaban J connectivity index is 1.58. The average molecular weight is 552 g/mol. The smallest absolute Gasteiger partial charge is 0.343 e. The van der Waals surface area contributed by atoms with Gasteiger partial charge in [0.25, 0.3) is 5.56 Å². The lowest BCUT2D eigenvalue weighted by molar-refractivity contribution is -0.172. The molecule has 6 rings (SSSR count). The number of halogens is 1. The van der Waals surface area contributed by atoms with Crippen molar-refractivity contribution in [2.24, 2.45) is 0 Å². The summed E-state index contributed by atoms with van der Waals surface area (Å²) in [6, 6.07) is 2.50. The number of hydrogen-bond donors (Lipinski definition) is 3. The Morgan fingerprint density at radius 1 is 1.32 bits per heavy atom. The number of fused-ring (bicyclic) bond motifs is 5. The lowest BCUT2D eigenvalue weighted by Crippen LogP contribution is -2.44. The summed E-state index contributed by atoms with van der Waals surface area (Å²) in [6.07, 6.45) is 0.307. The van der Waals surface area contributed by atoms with Gasteiger partial charge in [-0.3, -0.25) is 9.59 Å². The number of aliphatic hydroxyl groups excluding tert-OH is 1. The van der Waals surface area contributed by atoms with Gasteiger partial charge in [-0.2, -0.15) is 0 Å². The van der Waals surface area contributed by atoms with E-state index in [-0.39, 0.29) is 49.6 Å². The normalized spacial score (nSPS) is 21.4. The van der Waals surface area contributed by atoms with E-state index in [9.17, 15) is 24.6 Å². The van der Waals surface area contributed by atoms with Gasteiger partial charge in [-0.05, 0) is 48.9 Å². The first-order chi connectivity index (χ1) is 19.1. The number of ether oxygens (including phenoxy) is 2. The van der Waals surface area contributed by atoms with Crippen molar-refractivity contribution >= 4 is 22.8 Å². The molecule has 3 aromatic rings. The van der Waals surface area contributed by atoms with Crippen LogP contribution in [0.3, 0.4) is 0 Å². The Labute approximate surface area is 228 Å². The third-order valence-electron chi connectivity index (χ3n) is 8.66. The van der Waals surface area contributed by atoms with Gasteiger partial charge in [-0.25, -0.2) is 14.2 Å². The standard InChI is InChI=1S/C29H30FN3O7/c1-4-29(38)17-9-21-25-15(11-33(21)27(36)16(17)12-40-28(29)37)24-19(32-26(35)22(39-3)7-8-34)6-5-14-13(2)18(30)10-20(31-25)23(14)24/h9-10,19,22,34,38H,4-8,11-12H2,1-3H3,(H,32,35)/t19-,22-,29-/m0/s1. The quantitative estimate of drug-likeness (QED) is 0.309. The average Bonchev–Trinajstić information content (AvgIpc) is 3.31. The van der Waals surface area contributed by atoms with Crippen molar-refractivity contribution in [3.63, 3.8) is 0 Å². The number of cyclic esters (lactones) is 1. The van der Waals surface area contributed by atoms with Gasteiger partial charge in [0.15, 0.2) is 5.60 Å². The van der Waals surface area contributed by atoms with Gasteiger partial charge in [-0.15, -0.1) is 0 Å². The van der Waals surface area contributed by atoms with Crippen molar-refractivity contribution in [3.8, 4) is 11.4 Å². The fourth-order valence-electron chi connectivity index (χ4n) is 6.44. The van der Waals surface area contributed by atoms with E-state index < -0.39 is 35.1 Å². The summed E-state index contributed by atoms with van der Waals surface area (Å²) in [5.74, 6) is -1.59. The lowest BCUT2D eigenvalue weighted by Gasteiger charge is -2.31. The highest BCUT2D eigenvalue weighted by atomic mass is 19.1. The molecule has 3 N–H and O–H groups in total. The van der Waals surface area contributed by atoms with Gasteiger partial charge in [0.2, 0.25) is 5.91 Å². The number of carbonyl (C=O) groups excluding carboxylic acids is 2. The number of carbonyl (C=O) groups is 2. The third-order valence-corrected chi connectivity index (χ3v) is 8.66. The third kappa shape index (κ3) is 3.64. The Morgan fingerprint density at radius 2 is 2.10 bits per heavy atom. The van der Waals surface area contributed by atoms with Crippen molar-refractivity contribution in [3.05, 3.63) is 61.7 Å². The summed E-state index contributed by atoms with van der Waals surface area (Å²) in [4.78, 5) is 44.1. The molecular formula is C29H30FN3O7. The first kappa shape index (κ1) is 26.5. The molecule has 210 valence electrons. The molecule has 0 unspecified atom stereocenters. The molecule has 2 aliphatic heterocycles. The van der Waals surface area contributed by atoms with E-state index in [1.807, 2.05) is 0 Å². The van der Waals surface area contributed by atoms with Gasteiger partial charge in [0.05, 0.1) is 35.1 Å². The van der Waals surface area contributed by atoms with E-state index >= 15 is 4.39 Å². The zero-order valence-electron chi connectivity index (χ0n) is 22.5. The molecule has 0 bridgehead atoms.